The van der Waals surface area contributed by atoms with Gasteiger partial charge in [0.1, 0.15) is 11.5 Å². The maximum absolute atomic E-state index is 13.4. The average molecular weight is 569 g/mol. The van der Waals surface area contributed by atoms with Gasteiger partial charge in [0.2, 0.25) is 5.91 Å². The van der Waals surface area contributed by atoms with Crippen LogP contribution in [-0.4, -0.2) is 54.3 Å². The number of rotatable bonds is 7. The molecule has 0 spiro atoms. The lowest BCUT2D eigenvalue weighted by Crippen LogP contribution is -2.27. The molecule has 1 fully saturated rings. The number of nitrogens with one attached hydrogen (secondary N) is 1. The number of carbonyl (C=O) groups is 2. The first-order valence-corrected chi connectivity index (χ1v) is 13.2. The molecule has 0 aliphatic carbocycles. The molecule has 2 aromatic carbocycles. The zero-order valence-corrected chi connectivity index (χ0v) is 22.3. The average Bonchev–Trinajstić information content (AvgIpc) is 3.77. The Morgan fingerprint density at radius 2 is 1.83 bits per heavy atom. The highest BCUT2D eigenvalue weighted by atomic mass is 19.3. The number of aromatic nitrogens is 5. The van der Waals surface area contributed by atoms with E-state index in [1.54, 1.807) is 46.0 Å². The molecule has 12 heteroatoms. The van der Waals surface area contributed by atoms with E-state index in [0.717, 1.165) is 0 Å². The Labute approximate surface area is 239 Å². The molecule has 0 radical (unpaired) electrons. The van der Waals surface area contributed by atoms with Gasteiger partial charge in [-0.15, -0.1) is 0 Å². The van der Waals surface area contributed by atoms with Gasteiger partial charge in [0.15, 0.2) is 0 Å². The second-order valence-corrected chi connectivity index (χ2v) is 9.89. The summed E-state index contributed by atoms with van der Waals surface area (Å²) in [7, 11) is 0. The molecule has 0 bridgehead atoms. The number of pyridine rings is 1. The molecule has 10 nitrogen and oxygen atoms in total. The number of halogens is 2. The quantitative estimate of drug-likeness (QED) is 0.262. The van der Waals surface area contributed by atoms with Gasteiger partial charge in [-0.1, -0.05) is 36.9 Å². The minimum absolute atomic E-state index is 0.182. The number of anilines is 2. The number of para-hydroxylation sites is 1. The first kappa shape index (κ1) is 26.8. The predicted molar refractivity (Wildman–Crippen MR) is 155 cm³/mol. The number of hydrogen-bond acceptors (Lipinski definition) is 6. The molecule has 3 N–H and O–H groups in total. The van der Waals surface area contributed by atoms with Crippen LogP contribution in [0.4, 0.5) is 20.3 Å². The second kappa shape index (κ2) is 10.9. The lowest BCUT2D eigenvalue weighted by molar-refractivity contribution is -0.125. The lowest BCUT2D eigenvalue weighted by atomic mass is 10.0. The summed E-state index contributed by atoms with van der Waals surface area (Å²) in [6, 6.07) is 15.9. The van der Waals surface area contributed by atoms with Gasteiger partial charge in [-0.05, 0) is 36.8 Å². The van der Waals surface area contributed by atoms with Crippen molar-refractivity contribution in [3.63, 3.8) is 0 Å². The first-order chi connectivity index (χ1) is 20.3. The predicted octanol–water partition coefficient (Wildman–Crippen LogP) is 5.15. The summed E-state index contributed by atoms with van der Waals surface area (Å²) in [6.45, 7) is 1.68. The van der Waals surface area contributed by atoms with Crippen molar-refractivity contribution in [3.8, 4) is 22.4 Å². The number of amides is 2. The fourth-order valence-corrected chi connectivity index (χ4v) is 5.23. The maximum Gasteiger partial charge on any atom is 0.333 e. The van der Waals surface area contributed by atoms with Crippen molar-refractivity contribution in [1.82, 2.24) is 29.4 Å². The molecular weight excluding hydrogens is 542 g/mol. The third kappa shape index (κ3) is 4.87. The molecule has 2 amide bonds. The summed E-state index contributed by atoms with van der Waals surface area (Å²) < 4.78 is 29.1. The molecule has 1 saturated heterocycles. The van der Waals surface area contributed by atoms with E-state index in [2.05, 4.69) is 22.0 Å². The normalized spacial score (nSPS) is 14.9. The molecule has 1 atom stereocenters. The van der Waals surface area contributed by atoms with Crippen LogP contribution in [-0.2, 0) is 4.79 Å². The Kier molecular flexibility index (Phi) is 6.95. The third-order valence-corrected chi connectivity index (χ3v) is 7.31. The van der Waals surface area contributed by atoms with E-state index in [0.29, 0.717) is 68.7 Å². The van der Waals surface area contributed by atoms with E-state index < -0.39 is 6.55 Å². The van der Waals surface area contributed by atoms with E-state index >= 15 is 0 Å². The van der Waals surface area contributed by atoms with Crippen LogP contribution in [0.1, 0.15) is 29.4 Å². The van der Waals surface area contributed by atoms with E-state index in [-0.39, 0.29) is 23.7 Å². The topological polar surface area (TPSA) is 124 Å². The van der Waals surface area contributed by atoms with Crippen LogP contribution in [0.2, 0.25) is 0 Å². The van der Waals surface area contributed by atoms with Gasteiger partial charge in [0.05, 0.1) is 23.1 Å². The summed E-state index contributed by atoms with van der Waals surface area (Å²) in [5.74, 6) is -0.238. The van der Waals surface area contributed by atoms with Crippen molar-refractivity contribution in [3.05, 3.63) is 91.4 Å². The number of likely N-dealkylation sites (tertiary alicyclic amines) is 1. The Hall–Kier alpha value is -5.39. The van der Waals surface area contributed by atoms with E-state index in [9.17, 15) is 18.4 Å². The third-order valence-electron chi connectivity index (χ3n) is 7.31. The molecule has 4 heterocycles. The minimum Gasteiger partial charge on any atom is -0.383 e. The lowest BCUT2D eigenvalue weighted by Gasteiger charge is -2.16. The summed E-state index contributed by atoms with van der Waals surface area (Å²) in [5.41, 5.74) is 10.3. The SMILES string of the molecule is C=CC(=O)N1CC[C@H](n2nc(-c3ccc(C(=O)Nc4ccccc4)cc3)c3c(N)ncc(-c4cnn(C(F)F)c4)c32)C1. The van der Waals surface area contributed by atoms with Crippen LogP contribution in [0.25, 0.3) is 33.3 Å². The van der Waals surface area contributed by atoms with Crippen LogP contribution in [0.15, 0.2) is 85.8 Å². The molecule has 0 saturated carbocycles. The number of nitrogens with two attached hydrogens (primary N) is 1. The molecule has 212 valence electrons. The molecular formula is C30H26F2N8O2. The van der Waals surface area contributed by atoms with Gasteiger partial charge < -0.3 is 16.0 Å². The van der Waals surface area contributed by atoms with Gasteiger partial charge in [-0.2, -0.15) is 19.0 Å². The summed E-state index contributed by atoms with van der Waals surface area (Å²) >= 11 is 0. The molecule has 6 rings (SSSR count). The molecule has 1 aliphatic rings. The van der Waals surface area contributed by atoms with Gasteiger partial charge in [0.25, 0.3) is 5.91 Å². The van der Waals surface area contributed by atoms with Crippen molar-refractivity contribution in [1.29, 1.82) is 0 Å². The van der Waals surface area contributed by atoms with Crippen molar-refractivity contribution in [2.75, 3.05) is 24.1 Å². The van der Waals surface area contributed by atoms with Crippen molar-refractivity contribution in [2.45, 2.75) is 19.0 Å². The molecule has 0 unspecified atom stereocenters. The number of nitrogen functional groups attached to an aromatic ring is 1. The number of nitrogens with zero attached hydrogens (tertiary/aromatic N) is 6. The van der Waals surface area contributed by atoms with Crippen LogP contribution >= 0.6 is 0 Å². The van der Waals surface area contributed by atoms with Crippen LogP contribution in [0, 0.1) is 0 Å². The van der Waals surface area contributed by atoms with Gasteiger partial charge in [0, 0.05) is 53.4 Å². The Balaban J connectivity index is 1.44. The molecule has 3 aromatic heterocycles. The highest BCUT2D eigenvalue weighted by Gasteiger charge is 2.31. The molecule has 5 aromatic rings. The van der Waals surface area contributed by atoms with Crippen LogP contribution in [0.3, 0.4) is 0 Å². The van der Waals surface area contributed by atoms with Gasteiger partial charge in [-0.25, -0.2) is 9.67 Å². The minimum atomic E-state index is -2.80. The largest absolute Gasteiger partial charge is 0.383 e. The second-order valence-electron chi connectivity index (χ2n) is 9.89. The van der Waals surface area contributed by atoms with Crippen molar-refractivity contribution < 1.29 is 18.4 Å². The Morgan fingerprint density at radius 3 is 2.52 bits per heavy atom. The standard InChI is InChI=1S/C30H26F2N8O2/c1-2-24(41)38-13-12-22(17-38)40-27-23(20-14-35-39(16-20)30(31)32)15-34-28(33)25(27)26(37-40)18-8-10-19(11-9-18)29(42)36-21-6-4-3-5-7-21/h2-11,14-16,22,30H,1,12-13,17H2,(H2,33,34)(H,36,42)/t22-/m0/s1. The highest BCUT2D eigenvalue weighted by Crippen LogP contribution is 2.40. The number of hydrogen-bond donors (Lipinski definition) is 2. The maximum atomic E-state index is 13.4. The highest BCUT2D eigenvalue weighted by molar-refractivity contribution is 6.08. The summed E-state index contributed by atoms with van der Waals surface area (Å²) in [6.07, 6.45) is 6.00. The number of alkyl halides is 2. The zero-order chi connectivity index (χ0) is 29.4. The fourth-order valence-electron chi connectivity index (χ4n) is 5.23. The van der Waals surface area contributed by atoms with Crippen molar-refractivity contribution in [2.24, 2.45) is 0 Å². The number of benzene rings is 2. The summed E-state index contributed by atoms with van der Waals surface area (Å²) in [5, 5.41) is 12.1. The fraction of sp³-hybridized carbons (Fsp3) is 0.167. The zero-order valence-electron chi connectivity index (χ0n) is 22.3. The number of fused-ring (bicyclic) bond motifs is 1. The van der Waals surface area contributed by atoms with Gasteiger partial charge >= 0.3 is 6.55 Å². The van der Waals surface area contributed by atoms with E-state index in [4.69, 9.17) is 10.8 Å². The van der Waals surface area contributed by atoms with Crippen LogP contribution in [0.5, 0.6) is 0 Å². The van der Waals surface area contributed by atoms with E-state index in [1.807, 2.05) is 18.2 Å². The Morgan fingerprint density at radius 1 is 1.07 bits per heavy atom. The Bertz CT molecular complexity index is 1800. The first-order valence-electron chi connectivity index (χ1n) is 13.2. The summed E-state index contributed by atoms with van der Waals surface area (Å²) in [4.78, 5) is 31.2. The van der Waals surface area contributed by atoms with E-state index in [1.165, 1.54) is 24.7 Å². The number of carbonyl (C=O) groups excluding carboxylic acids is 2. The smallest absolute Gasteiger partial charge is 0.333 e. The molecule has 42 heavy (non-hydrogen) atoms. The van der Waals surface area contributed by atoms with Crippen molar-refractivity contribution >= 4 is 34.2 Å². The van der Waals surface area contributed by atoms with Crippen LogP contribution < -0.4 is 11.1 Å². The monoisotopic (exact) mass is 568 g/mol. The molecule has 1 aliphatic heterocycles. The van der Waals surface area contributed by atoms with Gasteiger partial charge in [-0.3, -0.25) is 14.3 Å².